The molecule has 15 heteroatoms. The van der Waals surface area contributed by atoms with Gasteiger partial charge in [-0.25, -0.2) is 13.6 Å². The van der Waals surface area contributed by atoms with Gasteiger partial charge in [-0.05, 0) is 25.7 Å². The van der Waals surface area contributed by atoms with E-state index in [0.717, 1.165) is 0 Å². The van der Waals surface area contributed by atoms with Crippen molar-refractivity contribution < 1.29 is 40.3 Å². The summed E-state index contributed by atoms with van der Waals surface area (Å²) < 4.78 is 91.1. The van der Waals surface area contributed by atoms with E-state index >= 15 is 8.78 Å². The predicted molar refractivity (Wildman–Crippen MR) is 86.4 cm³/mol. The third-order valence-corrected chi connectivity index (χ3v) is 6.45. The number of H-pyrrole nitrogens is 1. The Hall–Kier alpha value is -1.18. The van der Waals surface area contributed by atoms with E-state index in [9.17, 15) is 22.8 Å². The van der Waals surface area contributed by atoms with Crippen LogP contribution in [0.15, 0.2) is 15.8 Å². The van der Waals surface area contributed by atoms with E-state index in [2.05, 4.69) is 0 Å². The Bertz CT molecular complexity index is 939. The summed E-state index contributed by atoms with van der Waals surface area (Å²) in [6.45, 7) is -1.92. The number of fused-ring (bicyclic) bond motifs is 1. The minimum atomic E-state index is -4.28. The Balaban J connectivity index is 2.09. The molecule has 28 heavy (non-hydrogen) atoms. The first-order valence-corrected chi connectivity index (χ1v) is 10.3. The lowest BCUT2D eigenvalue weighted by atomic mass is 9.96. The zero-order chi connectivity index (χ0) is 21.1. The molecule has 1 aromatic heterocycles. The molecule has 2 aliphatic rings. The van der Waals surface area contributed by atoms with Crippen molar-refractivity contribution in [2.75, 3.05) is 6.61 Å². The van der Waals surface area contributed by atoms with E-state index in [0.29, 0.717) is 0 Å². The highest BCUT2D eigenvalue weighted by atomic mass is 32.5. The number of nitrogens with zero attached hydrogens (tertiary/aromatic N) is 1. The van der Waals surface area contributed by atoms with Gasteiger partial charge in [0.05, 0.1) is 18.9 Å². The van der Waals surface area contributed by atoms with Crippen LogP contribution in [-0.2, 0) is 30.1 Å². The molecule has 0 aliphatic carbocycles. The molecule has 8 nitrogen and oxygen atoms in total. The average molecular weight is 452 g/mol. The maximum Gasteiger partial charge on any atom is 0.330 e. The number of rotatable bonds is 4. The summed E-state index contributed by atoms with van der Waals surface area (Å²) in [4.78, 5) is 24.4. The van der Waals surface area contributed by atoms with Gasteiger partial charge >= 0.3 is 18.3 Å². The van der Waals surface area contributed by atoms with Crippen LogP contribution in [-0.4, -0.2) is 46.3 Å². The molecule has 0 bridgehead atoms. The van der Waals surface area contributed by atoms with E-state index in [4.69, 9.17) is 30.1 Å². The molecule has 2 fully saturated rings. The number of alkyl halides is 4. The number of aromatic amines is 1. The second-order valence-electron chi connectivity index (χ2n) is 6.40. The first kappa shape index (κ1) is 21.5. The van der Waals surface area contributed by atoms with Gasteiger partial charge in [0.2, 0.25) is 12.0 Å². The first-order valence-electron chi connectivity index (χ1n) is 7.78. The van der Waals surface area contributed by atoms with Gasteiger partial charge in [-0.3, -0.25) is 18.9 Å². The summed E-state index contributed by atoms with van der Waals surface area (Å²) in [5, 5.41) is 0. The number of hydrogen-bond donors (Lipinski definition) is 1. The largest absolute Gasteiger partial charge is 0.333 e. The van der Waals surface area contributed by atoms with Crippen molar-refractivity contribution in [3.63, 3.8) is 0 Å². The maximum absolute atomic E-state index is 15.0. The number of aromatic nitrogens is 2. The highest BCUT2D eigenvalue weighted by Gasteiger charge is 2.75. The van der Waals surface area contributed by atoms with Crippen LogP contribution < -0.4 is 11.2 Å². The molecular formula is C13H14F5N2O6PS. The minimum Gasteiger partial charge on any atom is -0.333 e. The molecule has 1 aromatic rings. The van der Waals surface area contributed by atoms with E-state index < -0.39 is 66.8 Å². The van der Waals surface area contributed by atoms with Gasteiger partial charge in [-0.2, -0.15) is 13.2 Å². The van der Waals surface area contributed by atoms with Crippen LogP contribution >= 0.6 is 6.72 Å². The molecule has 0 saturated carbocycles. The Kier molecular flexibility index (Phi) is 5.35. The Morgan fingerprint density at radius 3 is 2.61 bits per heavy atom. The summed E-state index contributed by atoms with van der Waals surface area (Å²) in [5.74, 6) is -5.87. The highest BCUT2D eigenvalue weighted by Crippen LogP contribution is 2.64. The van der Waals surface area contributed by atoms with Crippen molar-refractivity contribution in [3.8, 4) is 0 Å². The normalized spacial score (nSPS) is 34.8. The Morgan fingerprint density at radius 2 is 2.04 bits per heavy atom. The standard InChI is InChI=1S/C13H14F5N2O6PS/c1-5(2)25-27(28)23-4-12(9(15)16)8(26-27)13(17,18)10(24-12)20-3-6(14)7(21)19-11(20)22/h3,5,8-10H,4H2,1-2H3,(H,19,21,22). The molecular weight excluding hydrogens is 438 g/mol. The second-order valence-corrected chi connectivity index (χ2v) is 9.32. The fourth-order valence-electron chi connectivity index (χ4n) is 2.83. The van der Waals surface area contributed by atoms with Gasteiger partial charge in [0.15, 0.2) is 11.7 Å². The predicted octanol–water partition coefficient (Wildman–Crippen LogP) is 1.91. The zero-order valence-electron chi connectivity index (χ0n) is 14.2. The van der Waals surface area contributed by atoms with Crippen molar-refractivity contribution in [1.82, 2.24) is 9.55 Å². The van der Waals surface area contributed by atoms with Crippen LogP contribution in [0.25, 0.3) is 0 Å². The van der Waals surface area contributed by atoms with Gasteiger partial charge < -0.3 is 13.8 Å². The van der Waals surface area contributed by atoms with Crippen molar-refractivity contribution in [2.45, 2.75) is 50.2 Å². The van der Waals surface area contributed by atoms with E-state index in [-0.39, 0.29) is 10.8 Å². The average Bonchev–Trinajstić information content (AvgIpc) is 2.79. The van der Waals surface area contributed by atoms with Crippen LogP contribution in [0, 0.1) is 5.82 Å². The van der Waals surface area contributed by atoms with Gasteiger partial charge in [0.1, 0.15) is 0 Å². The third kappa shape index (κ3) is 3.35. The van der Waals surface area contributed by atoms with Crippen molar-refractivity contribution in [2.24, 2.45) is 0 Å². The smallest absolute Gasteiger partial charge is 0.330 e. The number of nitrogens with one attached hydrogen (secondary N) is 1. The molecule has 0 amide bonds. The SMILES string of the molecule is CC(C)OP1(=S)OCC2(C(F)F)OC(n3cc(F)c(=O)[nH]c3=O)C(F)(F)C2O1. The van der Waals surface area contributed by atoms with Crippen LogP contribution in [0.3, 0.4) is 0 Å². The quantitative estimate of drug-likeness (QED) is 0.551. The number of hydrogen-bond acceptors (Lipinski definition) is 7. The zero-order valence-corrected chi connectivity index (χ0v) is 15.9. The van der Waals surface area contributed by atoms with Gasteiger partial charge in [-0.15, -0.1) is 0 Å². The molecule has 3 rings (SSSR count). The molecule has 4 atom stereocenters. The maximum atomic E-state index is 15.0. The van der Waals surface area contributed by atoms with Gasteiger partial charge in [-0.1, -0.05) is 0 Å². The van der Waals surface area contributed by atoms with Crippen LogP contribution in [0.2, 0.25) is 0 Å². The summed E-state index contributed by atoms with van der Waals surface area (Å²) in [6.07, 6.45) is -9.38. The Morgan fingerprint density at radius 1 is 1.39 bits per heavy atom. The van der Waals surface area contributed by atoms with Crippen molar-refractivity contribution in [3.05, 3.63) is 32.9 Å². The van der Waals surface area contributed by atoms with Crippen LogP contribution in [0.1, 0.15) is 20.1 Å². The van der Waals surface area contributed by atoms with E-state index in [1.165, 1.54) is 18.8 Å². The molecule has 2 aliphatic heterocycles. The summed E-state index contributed by atoms with van der Waals surface area (Å²) >= 11 is 4.95. The fourth-order valence-corrected chi connectivity index (χ4v) is 5.39. The summed E-state index contributed by atoms with van der Waals surface area (Å²) in [7, 11) is 0. The summed E-state index contributed by atoms with van der Waals surface area (Å²) in [5.41, 5.74) is -5.95. The first-order chi connectivity index (χ1) is 12.8. The monoisotopic (exact) mass is 452 g/mol. The van der Waals surface area contributed by atoms with Crippen molar-refractivity contribution >= 4 is 18.5 Å². The fraction of sp³-hybridized carbons (Fsp3) is 0.692. The van der Waals surface area contributed by atoms with Gasteiger partial charge in [0, 0.05) is 0 Å². The number of ether oxygens (including phenoxy) is 1. The summed E-state index contributed by atoms with van der Waals surface area (Å²) in [6, 6.07) is 0. The molecule has 158 valence electrons. The molecule has 0 aromatic carbocycles. The van der Waals surface area contributed by atoms with Crippen molar-refractivity contribution in [1.29, 1.82) is 0 Å². The van der Waals surface area contributed by atoms with E-state index in [1.54, 1.807) is 0 Å². The number of halogens is 5. The lowest BCUT2D eigenvalue weighted by molar-refractivity contribution is -0.205. The molecule has 4 unspecified atom stereocenters. The molecule has 0 radical (unpaired) electrons. The topological polar surface area (TPSA) is 91.8 Å². The third-order valence-electron chi connectivity index (χ3n) is 4.02. The Labute approximate surface area is 158 Å². The lowest BCUT2D eigenvalue weighted by Gasteiger charge is -2.41. The molecule has 1 N–H and O–H groups in total. The van der Waals surface area contributed by atoms with Crippen LogP contribution in [0.5, 0.6) is 0 Å². The molecule has 3 heterocycles. The van der Waals surface area contributed by atoms with Gasteiger partial charge in [0.25, 0.3) is 12.0 Å². The second kappa shape index (κ2) is 6.96. The molecule has 0 spiro atoms. The minimum absolute atomic E-state index is 0.0324. The molecule has 2 saturated heterocycles. The highest BCUT2D eigenvalue weighted by molar-refractivity contribution is 8.07. The van der Waals surface area contributed by atoms with E-state index in [1.807, 2.05) is 0 Å². The lowest BCUT2D eigenvalue weighted by Crippen LogP contribution is -2.57. The van der Waals surface area contributed by atoms with Crippen LogP contribution in [0.4, 0.5) is 22.0 Å².